The van der Waals surface area contributed by atoms with Crippen molar-refractivity contribution < 1.29 is 23.7 Å². The molecule has 36 heavy (non-hydrogen) atoms. The highest BCUT2D eigenvalue weighted by atomic mass is 32.1. The number of methoxy groups -OCH3 is 3. The average molecular weight is 509 g/mol. The van der Waals surface area contributed by atoms with Gasteiger partial charge in [-0.05, 0) is 68.3 Å². The third-order valence-corrected chi connectivity index (χ3v) is 6.99. The molecule has 0 amide bonds. The predicted molar refractivity (Wildman–Crippen MR) is 138 cm³/mol. The van der Waals surface area contributed by atoms with Crippen molar-refractivity contribution in [2.75, 3.05) is 27.9 Å². The molecule has 3 aromatic rings. The van der Waals surface area contributed by atoms with E-state index in [0.717, 1.165) is 16.9 Å². The molecule has 0 saturated carbocycles. The zero-order valence-electron chi connectivity index (χ0n) is 21.1. The van der Waals surface area contributed by atoms with Gasteiger partial charge < -0.3 is 18.9 Å². The van der Waals surface area contributed by atoms with E-state index >= 15 is 0 Å². The smallest absolute Gasteiger partial charge is 0.338 e. The first kappa shape index (κ1) is 25.2. The van der Waals surface area contributed by atoms with Crippen molar-refractivity contribution in [3.8, 4) is 17.2 Å². The fraction of sp³-hybridized carbons (Fsp3) is 0.296. The lowest BCUT2D eigenvalue weighted by atomic mass is 9.94. The van der Waals surface area contributed by atoms with Crippen LogP contribution in [0.3, 0.4) is 0 Å². The summed E-state index contributed by atoms with van der Waals surface area (Å²) in [6, 6.07) is 10.2. The van der Waals surface area contributed by atoms with Crippen LogP contribution in [0.4, 0.5) is 0 Å². The van der Waals surface area contributed by atoms with Crippen LogP contribution in [0.25, 0.3) is 6.08 Å². The van der Waals surface area contributed by atoms with Gasteiger partial charge in [0.25, 0.3) is 5.56 Å². The number of aromatic nitrogens is 1. The topological polar surface area (TPSA) is 88.4 Å². The number of benzene rings is 2. The van der Waals surface area contributed by atoms with E-state index in [9.17, 15) is 9.59 Å². The van der Waals surface area contributed by atoms with E-state index in [1.165, 1.54) is 15.9 Å². The molecule has 9 heteroatoms. The van der Waals surface area contributed by atoms with Crippen LogP contribution in [-0.4, -0.2) is 38.5 Å². The first-order chi connectivity index (χ1) is 17.3. The number of fused-ring (bicyclic) bond motifs is 1. The van der Waals surface area contributed by atoms with E-state index in [-0.39, 0.29) is 17.7 Å². The molecule has 0 bridgehead atoms. The van der Waals surface area contributed by atoms with E-state index in [1.807, 2.05) is 31.2 Å². The quantitative estimate of drug-likeness (QED) is 0.456. The molecule has 4 rings (SSSR count). The number of hydrogen-bond donors (Lipinski definition) is 0. The monoisotopic (exact) mass is 508 g/mol. The molecule has 188 valence electrons. The minimum absolute atomic E-state index is 0.193. The Bertz CT molecular complexity index is 1530. The summed E-state index contributed by atoms with van der Waals surface area (Å²) >= 11 is 1.27. The van der Waals surface area contributed by atoms with Crippen molar-refractivity contribution in [2.24, 2.45) is 4.99 Å². The molecule has 0 unspecified atom stereocenters. The molecule has 0 aliphatic carbocycles. The van der Waals surface area contributed by atoms with Gasteiger partial charge in [-0.15, -0.1) is 0 Å². The Morgan fingerprint density at radius 1 is 1.06 bits per heavy atom. The number of rotatable bonds is 7. The number of allylic oxidation sites excluding steroid dienone is 1. The molecule has 0 radical (unpaired) electrons. The van der Waals surface area contributed by atoms with Crippen LogP contribution in [0.2, 0.25) is 0 Å². The maximum Gasteiger partial charge on any atom is 0.338 e. The second-order valence-corrected chi connectivity index (χ2v) is 9.14. The Hall–Kier alpha value is -3.85. The van der Waals surface area contributed by atoms with Crippen LogP contribution < -0.4 is 29.1 Å². The van der Waals surface area contributed by atoms with Gasteiger partial charge in [0.2, 0.25) is 0 Å². The van der Waals surface area contributed by atoms with Gasteiger partial charge >= 0.3 is 5.97 Å². The molecule has 1 atom stereocenters. The fourth-order valence-electron chi connectivity index (χ4n) is 4.22. The molecule has 2 aromatic carbocycles. The molecular weight excluding hydrogens is 480 g/mol. The van der Waals surface area contributed by atoms with E-state index in [0.29, 0.717) is 32.1 Å². The lowest BCUT2D eigenvalue weighted by Crippen LogP contribution is -2.40. The summed E-state index contributed by atoms with van der Waals surface area (Å²) in [5.41, 5.74) is 2.95. The van der Waals surface area contributed by atoms with Gasteiger partial charge in [-0.25, -0.2) is 9.79 Å². The minimum atomic E-state index is -0.801. The van der Waals surface area contributed by atoms with Gasteiger partial charge in [0.15, 0.2) is 4.80 Å². The number of aryl methyl sites for hydroxylation is 1. The van der Waals surface area contributed by atoms with Gasteiger partial charge in [-0.1, -0.05) is 17.4 Å². The second-order valence-electron chi connectivity index (χ2n) is 8.13. The van der Waals surface area contributed by atoms with Gasteiger partial charge in [-0.2, -0.15) is 0 Å². The highest BCUT2D eigenvalue weighted by molar-refractivity contribution is 7.07. The fourth-order valence-corrected chi connectivity index (χ4v) is 5.25. The van der Waals surface area contributed by atoms with E-state index in [4.69, 9.17) is 18.9 Å². The largest absolute Gasteiger partial charge is 0.497 e. The zero-order valence-corrected chi connectivity index (χ0v) is 21.9. The first-order valence-corrected chi connectivity index (χ1v) is 12.2. The summed E-state index contributed by atoms with van der Waals surface area (Å²) in [6.45, 7) is 5.63. The molecular formula is C27H28N2O6S. The molecule has 0 fully saturated rings. The summed E-state index contributed by atoms with van der Waals surface area (Å²) in [5.74, 6) is 1.29. The third-order valence-electron chi connectivity index (χ3n) is 6.01. The van der Waals surface area contributed by atoms with Crippen LogP contribution in [0, 0.1) is 6.92 Å². The number of nitrogens with zero attached hydrogens (tertiary/aromatic N) is 2. The Morgan fingerprint density at radius 2 is 1.75 bits per heavy atom. The van der Waals surface area contributed by atoms with Crippen LogP contribution in [0.5, 0.6) is 17.2 Å². The third kappa shape index (κ3) is 4.54. The van der Waals surface area contributed by atoms with Crippen molar-refractivity contribution in [3.05, 3.63) is 84.0 Å². The van der Waals surface area contributed by atoms with E-state index < -0.39 is 12.0 Å². The van der Waals surface area contributed by atoms with Crippen molar-refractivity contribution in [2.45, 2.75) is 26.8 Å². The van der Waals surface area contributed by atoms with Crippen LogP contribution in [0.15, 0.2) is 57.5 Å². The molecule has 0 saturated heterocycles. The van der Waals surface area contributed by atoms with Gasteiger partial charge in [0.05, 0.1) is 43.7 Å². The lowest BCUT2D eigenvalue weighted by Gasteiger charge is -2.26. The Labute approximate surface area is 212 Å². The number of hydrogen-bond acceptors (Lipinski definition) is 8. The Balaban J connectivity index is 2.00. The second kappa shape index (κ2) is 10.4. The number of carbonyl (C=O) groups excluding carboxylic acids is 1. The Kier molecular flexibility index (Phi) is 7.30. The van der Waals surface area contributed by atoms with Gasteiger partial charge in [0, 0.05) is 5.56 Å². The number of ether oxygens (including phenoxy) is 4. The summed E-state index contributed by atoms with van der Waals surface area (Å²) in [5, 5.41) is 0. The van der Waals surface area contributed by atoms with Crippen molar-refractivity contribution in [3.63, 3.8) is 0 Å². The average Bonchev–Trinajstić information content (AvgIpc) is 3.18. The molecule has 8 nitrogen and oxygen atoms in total. The van der Waals surface area contributed by atoms with Crippen molar-refractivity contribution >= 4 is 23.4 Å². The van der Waals surface area contributed by atoms with E-state index in [2.05, 4.69) is 4.99 Å². The minimum Gasteiger partial charge on any atom is -0.497 e. The zero-order chi connectivity index (χ0) is 26.0. The summed E-state index contributed by atoms with van der Waals surface area (Å²) in [6.07, 6.45) is 1.84. The molecule has 1 aliphatic heterocycles. The van der Waals surface area contributed by atoms with Crippen molar-refractivity contribution in [1.29, 1.82) is 0 Å². The Morgan fingerprint density at radius 3 is 2.39 bits per heavy atom. The number of thiazole rings is 1. The summed E-state index contributed by atoms with van der Waals surface area (Å²) in [7, 11) is 4.71. The van der Waals surface area contributed by atoms with Gasteiger partial charge in [0.1, 0.15) is 23.3 Å². The summed E-state index contributed by atoms with van der Waals surface area (Å²) in [4.78, 5) is 32.1. The molecule has 0 N–H and O–H groups in total. The van der Waals surface area contributed by atoms with Crippen LogP contribution in [0.1, 0.15) is 36.6 Å². The first-order valence-electron chi connectivity index (χ1n) is 11.4. The number of carbonyl (C=O) groups is 1. The molecule has 0 spiro atoms. The normalized spacial score (nSPS) is 15.3. The lowest BCUT2D eigenvalue weighted by molar-refractivity contribution is -0.139. The molecule has 2 heterocycles. The highest BCUT2D eigenvalue weighted by Gasteiger charge is 2.35. The molecule has 1 aliphatic rings. The van der Waals surface area contributed by atoms with Crippen LogP contribution in [-0.2, 0) is 9.53 Å². The van der Waals surface area contributed by atoms with E-state index in [1.54, 1.807) is 53.4 Å². The standard InChI is InChI=1S/C27H28N2O6S/c1-7-35-26(31)23-16(3)28-27-29(24(23)20-14-19(33-5)10-11-21(20)34-6)25(30)22(36-27)13-17-8-9-18(32-4)12-15(17)2/h8-14,24H,7H2,1-6H3/b22-13-/t24-/m0/s1. The SMILES string of the molecule is CCOC(=O)C1=C(C)N=c2s/c(=C\c3ccc(OC)cc3C)c(=O)n2[C@H]1c1cc(OC)ccc1OC. The van der Waals surface area contributed by atoms with Crippen molar-refractivity contribution in [1.82, 2.24) is 4.57 Å². The van der Waals surface area contributed by atoms with Gasteiger partial charge in [-0.3, -0.25) is 9.36 Å². The maximum atomic E-state index is 13.8. The molecule has 1 aromatic heterocycles. The predicted octanol–water partition coefficient (Wildman–Crippen LogP) is 3.13. The number of esters is 1. The van der Waals surface area contributed by atoms with Crippen LogP contribution >= 0.6 is 11.3 Å². The maximum absolute atomic E-state index is 13.8. The highest BCUT2D eigenvalue weighted by Crippen LogP contribution is 2.37. The summed E-state index contributed by atoms with van der Waals surface area (Å²) < 4.78 is 23.8.